The summed E-state index contributed by atoms with van der Waals surface area (Å²) in [5, 5.41) is 0. The van der Waals surface area contributed by atoms with Gasteiger partial charge in [0.25, 0.3) is 5.91 Å². The van der Waals surface area contributed by atoms with E-state index in [1.807, 2.05) is 25.3 Å². The van der Waals surface area contributed by atoms with E-state index < -0.39 is 28.3 Å². The molecule has 0 N–H and O–H groups in total. The number of carbonyl (C=O) groups is 1. The largest absolute Gasteiger partial charge is 2.00 e. The van der Waals surface area contributed by atoms with Gasteiger partial charge in [-0.05, 0) is 80.3 Å². The van der Waals surface area contributed by atoms with Crippen molar-refractivity contribution in [2.75, 3.05) is 39.0 Å². The summed E-state index contributed by atoms with van der Waals surface area (Å²) < 4.78 is 61.2. The van der Waals surface area contributed by atoms with Crippen LogP contribution in [-0.4, -0.2) is 76.4 Å². The number of halogens is 3. The van der Waals surface area contributed by atoms with Gasteiger partial charge < -0.3 is 19.4 Å². The second-order valence-corrected chi connectivity index (χ2v) is 12.2. The Morgan fingerprint density at radius 3 is 2.48 bits per heavy atom. The molecule has 0 aliphatic carbocycles. The quantitative estimate of drug-likeness (QED) is 0.331. The molecule has 4 heterocycles. The minimum atomic E-state index is -4.60. The van der Waals surface area contributed by atoms with Crippen LogP contribution in [0.5, 0.6) is 5.75 Å². The van der Waals surface area contributed by atoms with Crippen molar-refractivity contribution in [3.63, 3.8) is 0 Å². The van der Waals surface area contributed by atoms with Crippen LogP contribution in [0.1, 0.15) is 64.7 Å². The zero-order valence-corrected chi connectivity index (χ0v) is 25.6. The number of piperidine rings is 1. The summed E-state index contributed by atoms with van der Waals surface area (Å²) in [5.74, 6) is 0.327. The molecule has 6 rings (SSSR count). The van der Waals surface area contributed by atoms with Crippen molar-refractivity contribution in [3.05, 3.63) is 64.2 Å². The molecule has 1 amide bonds. The summed E-state index contributed by atoms with van der Waals surface area (Å²) in [5.41, 5.74) is 0.443. The van der Waals surface area contributed by atoms with Crippen LogP contribution >= 0.6 is 0 Å². The van der Waals surface area contributed by atoms with E-state index in [-0.39, 0.29) is 53.7 Å². The van der Waals surface area contributed by atoms with E-state index in [9.17, 15) is 27.0 Å². The van der Waals surface area contributed by atoms with Crippen molar-refractivity contribution < 1.29 is 48.8 Å². The number of fused-ring (bicyclic) bond motifs is 2. The van der Waals surface area contributed by atoms with Gasteiger partial charge in [0.05, 0.1) is 23.3 Å². The summed E-state index contributed by atoms with van der Waals surface area (Å²) in [6.45, 7) is 3.32. The third kappa shape index (κ3) is 8.75. The van der Waals surface area contributed by atoms with Gasteiger partial charge >= 0.3 is 23.2 Å². The Morgan fingerprint density at radius 1 is 1.07 bits per heavy atom. The molecule has 0 spiro atoms. The average Bonchev–Trinajstić information content (AvgIpc) is 2.95. The van der Waals surface area contributed by atoms with E-state index in [1.165, 1.54) is 6.07 Å². The maximum atomic E-state index is 13.6. The van der Waals surface area contributed by atoms with Gasteiger partial charge in [-0.3, -0.25) is 4.79 Å². The molecule has 6 bridgehead atoms. The fourth-order valence-corrected chi connectivity index (χ4v) is 6.20. The SMILES string of the molecule is Cc1cc2ccc1CCS(=O)N1CCC([C-]=O)(CC1)N=[C-]c1cc(cc(C(F)(F)F)c1)OCCCCCN(C)C2=O.[Mn+2]. The zero-order valence-electron chi connectivity index (χ0n) is 23.6. The fourth-order valence-electron chi connectivity index (χ4n) is 4.95. The van der Waals surface area contributed by atoms with Crippen molar-refractivity contribution in [2.45, 2.75) is 57.2 Å². The molecule has 2 aromatic carbocycles. The molecule has 7 nitrogen and oxygen atoms in total. The molecule has 0 saturated carbocycles. The topological polar surface area (TPSA) is 79.3 Å². The minimum absolute atomic E-state index is 0. The molecule has 4 aliphatic heterocycles. The van der Waals surface area contributed by atoms with Crippen molar-refractivity contribution in [2.24, 2.45) is 4.99 Å². The first-order valence-electron chi connectivity index (χ1n) is 13.7. The van der Waals surface area contributed by atoms with Gasteiger partial charge in [-0.1, -0.05) is 12.3 Å². The van der Waals surface area contributed by atoms with Gasteiger partial charge in [-0.15, -0.1) is 12.1 Å². The summed E-state index contributed by atoms with van der Waals surface area (Å²) in [6, 6.07) is 8.84. The summed E-state index contributed by atoms with van der Waals surface area (Å²) in [7, 11) is 0.441. The van der Waals surface area contributed by atoms with E-state index >= 15 is 0 Å². The van der Waals surface area contributed by atoms with Crippen molar-refractivity contribution >= 4 is 29.4 Å². The fraction of sp³-hybridized carbons (Fsp3) is 0.500. The Hall–Kier alpha value is -2.53. The number of amides is 1. The van der Waals surface area contributed by atoms with E-state index in [2.05, 4.69) is 11.2 Å². The number of ether oxygens (including phenoxy) is 1. The van der Waals surface area contributed by atoms with Crippen LogP contribution in [0, 0.1) is 6.92 Å². The molecule has 4 aliphatic rings. The Kier molecular flexibility index (Phi) is 11.9. The van der Waals surface area contributed by atoms with Crippen LogP contribution in [0.3, 0.4) is 0 Å². The van der Waals surface area contributed by atoms with Gasteiger partial charge in [0, 0.05) is 43.6 Å². The molecular formula is C30H34F3MnN3O4S. The molecule has 42 heavy (non-hydrogen) atoms. The van der Waals surface area contributed by atoms with Crippen LogP contribution in [0.25, 0.3) is 0 Å². The number of hydrogen-bond acceptors (Lipinski definition) is 5. The predicted molar refractivity (Wildman–Crippen MR) is 151 cm³/mol. The third-order valence-electron chi connectivity index (χ3n) is 7.55. The molecule has 1 saturated heterocycles. The Labute approximate surface area is 257 Å². The number of aliphatic imine (C=N–C) groups is 1. The Morgan fingerprint density at radius 2 is 1.81 bits per heavy atom. The number of carbonyl (C=O) groups excluding carboxylic acids is 2. The smallest absolute Gasteiger partial charge is 0.540 e. The van der Waals surface area contributed by atoms with Crippen molar-refractivity contribution in [1.29, 1.82) is 0 Å². The molecule has 1 atom stereocenters. The molecule has 1 unspecified atom stereocenters. The van der Waals surface area contributed by atoms with Gasteiger partial charge in [0.2, 0.25) is 0 Å². The maximum Gasteiger partial charge on any atom is 2.00 e. The normalized spacial score (nSPS) is 24.4. The zero-order chi connectivity index (χ0) is 29.6. The molecule has 12 heteroatoms. The predicted octanol–water partition coefficient (Wildman–Crippen LogP) is 4.79. The van der Waals surface area contributed by atoms with Crippen molar-refractivity contribution in [3.8, 4) is 5.75 Å². The average molecular weight is 645 g/mol. The Bertz CT molecular complexity index is 1310. The summed E-state index contributed by atoms with van der Waals surface area (Å²) >= 11 is 0. The van der Waals surface area contributed by atoms with Crippen LogP contribution in [0.2, 0.25) is 0 Å². The number of benzene rings is 2. The van der Waals surface area contributed by atoms with Crippen LogP contribution < -0.4 is 4.74 Å². The number of nitrogens with zero attached hydrogens (tertiary/aromatic N) is 3. The first-order valence-corrected chi connectivity index (χ1v) is 15.0. The second kappa shape index (κ2) is 14.8. The monoisotopic (exact) mass is 644 g/mol. The van der Waals surface area contributed by atoms with E-state index in [1.54, 1.807) is 22.3 Å². The first kappa shape index (κ1) is 34.0. The second-order valence-electron chi connectivity index (χ2n) is 10.6. The number of aryl methyl sites for hydroxylation is 2. The van der Waals surface area contributed by atoms with Crippen LogP contribution in [0.15, 0.2) is 41.4 Å². The standard InChI is InChI=1S/C30H34F3N3O4S.Mn/c1-22-16-25-7-6-24(22)8-15-41(39)36-12-9-29(21-37,10-13-36)34-20-23-17-26(30(31,32)33)19-27(18-23)40-14-5-3-4-11-35(2)28(25)38;/h6-7,16-19H,3-5,8-15H2,1-2H3;/q-2;+2. The Balaban J connectivity index is 0.00000484. The number of alkyl halides is 3. The van der Waals surface area contributed by atoms with Gasteiger partial charge in [-0.2, -0.15) is 18.7 Å². The number of rotatable bonds is 1. The molecular weight excluding hydrogens is 610 g/mol. The van der Waals surface area contributed by atoms with Crippen LogP contribution in [-0.2, 0) is 45.4 Å². The van der Waals surface area contributed by atoms with Crippen LogP contribution in [0.4, 0.5) is 13.2 Å². The molecule has 0 aromatic heterocycles. The summed E-state index contributed by atoms with van der Waals surface area (Å²) in [4.78, 5) is 30.8. The first-order chi connectivity index (χ1) is 19.5. The molecule has 1 fully saturated rings. The maximum absolute atomic E-state index is 13.6. The molecule has 227 valence electrons. The van der Waals surface area contributed by atoms with E-state index in [4.69, 9.17) is 4.74 Å². The van der Waals surface area contributed by atoms with E-state index in [0.29, 0.717) is 50.2 Å². The summed E-state index contributed by atoms with van der Waals surface area (Å²) in [6.07, 6.45) is 3.04. The molecule has 2 aromatic rings. The van der Waals surface area contributed by atoms with E-state index in [0.717, 1.165) is 29.7 Å². The number of hydrogen-bond donors (Lipinski definition) is 0. The van der Waals surface area contributed by atoms with Gasteiger partial charge in [0.1, 0.15) is 0 Å². The van der Waals surface area contributed by atoms with Crippen molar-refractivity contribution in [1.82, 2.24) is 9.21 Å². The minimum Gasteiger partial charge on any atom is -0.540 e. The van der Waals surface area contributed by atoms with Gasteiger partial charge in [-0.25, -0.2) is 14.8 Å². The van der Waals surface area contributed by atoms with Gasteiger partial charge in [0.15, 0.2) is 0 Å². The molecule has 1 radical (unpaired) electrons. The third-order valence-corrected chi connectivity index (χ3v) is 9.04.